The quantitative estimate of drug-likeness (QED) is 0.470. The maximum atomic E-state index is 13.5. The summed E-state index contributed by atoms with van der Waals surface area (Å²) in [6.07, 6.45) is 0.492. The monoisotopic (exact) mass is 550 g/mol. The maximum absolute atomic E-state index is 13.5. The minimum atomic E-state index is -0.572. The van der Waals surface area contributed by atoms with Crippen molar-refractivity contribution in [3.63, 3.8) is 0 Å². The molecule has 2 aromatic carbocycles. The van der Waals surface area contributed by atoms with Crippen LogP contribution in [-0.4, -0.2) is 71.9 Å². The third kappa shape index (κ3) is 6.99. The average Bonchev–Trinajstić information content (AvgIpc) is 3.44. The number of ether oxygens (including phenoxy) is 2. The lowest BCUT2D eigenvalue weighted by molar-refractivity contribution is -0.129. The van der Waals surface area contributed by atoms with Crippen LogP contribution < -0.4 is 10.2 Å². The number of hydrogen-bond acceptors (Lipinski definition) is 6. The van der Waals surface area contributed by atoms with Crippen LogP contribution in [0.5, 0.6) is 5.75 Å². The Hall–Kier alpha value is -3.04. The van der Waals surface area contributed by atoms with Crippen molar-refractivity contribution in [2.24, 2.45) is 0 Å². The molecular weight excluding hydrogens is 507 g/mol. The van der Waals surface area contributed by atoms with Crippen LogP contribution in [0.3, 0.4) is 0 Å². The molecule has 4 rings (SSSR count). The lowest BCUT2D eigenvalue weighted by Crippen LogP contribution is -2.42. The predicted octanol–water partition coefficient (Wildman–Crippen LogP) is 4.58. The first-order chi connectivity index (χ1) is 18.6. The number of hydrogen-bond donors (Lipinski definition) is 0. The molecule has 40 heavy (non-hydrogen) atoms. The van der Waals surface area contributed by atoms with Crippen LogP contribution in [0.1, 0.15) is 66.0 Å². The first-order valence-corrected chi connectivity index (χ1v) is 14.0. The Balaban J connectivity index is 1.50. The molecule has 2 aliphatic heterocycles. The van der Waals surface area contributed by atoms with Gasteiger partial charge >= 0.3 is 13.2 Å². The minimum Gasteiger partial charge on any atom is -0.489 e. The number of likely N-dealkylation sites (N-methyl/N-ethyl adjacent to an activating group) is 1. The summed E-state index contributed by atoms with van der Waals surface area (Å²) in [6, 6.07) is 15.6. The van der Waals surface area contributed by atoms with E-state index in [1.807, 2.05) is 102 Å². The fraction of sp³-hybridized carbons (Fsp3) is 0.548. The van der Waals surface area contributed by atoms with Gasteiger partial charge in [0.15, 0.2) is 0 Å². The van der Waals surface area contributed by atoms with Gasteiger partial charge < -0.3 is 28.6 Å². The van der Waals surface area contributed by atoms with E-state index in [9.17, 15) is 9.59 Å². The Morgan fingerprint density at radius 1 is 1.05 bits per heavy atom. The fourth-order valence-electron chi connectivity index (χ4n) is 4.78. The Bertz CT molecular complexity index is 1190. The highest BCUT2D eigenvalue weighted by Crippen LogP contribution is 2.37. The van der Waals surface area contributed by atoms with E-state index in [4.69, 9.17) is 18.8 Å². The molecule has 1 unspecified atom stereocenters. The molecule has 8 nitrogen and oxygen atoms in total. The number of carbonyl (C=O) groups is 2. The second kappa shape index (κ2) is 11.5. The van der Waals surface area contributed by atoms with E-state index in [0.717, 1.165) is 16.6 Å². The number of carbonyl (C=O) groups excluding carboxylic acids is 2. The Kier molecular flexibility index (Phi) is 8.57. The molecule has 0 bridgehead atoms. The minimum absolute atomic E-state index is 0.0179. The van der Waals surface area contributed by atoms with Crippen molar-refractivity contribution in [1.82, 2.24) is 9.80 Å². The van der Waals surface area contributed by atoms with E-state index >= 15 is 0 Å². The molecule has 2 heterocycles. The summed E-state index contributed by atoms with van der Waals surface area (Å²) in [7, 11) is 1.19. The van der Waals surface area contributed by atoms with Gasteiger partial charge in [0.2, 0.25) is 5.91 Å². The molecule has 0 radical (unpaired) electrons. The van der Waals surface area contributed by atoms with Crippen molar-refractivity contribution in [3.05, 3.63) is 59.7 Å². The second-order valence-corrected chi connectivity index (χ2v) is 12.8. The first-order valence-electron chi connectivity index (χ1n) is 14.0. The highest BCUT2D eigenvalue weighted by molar-refractivity contribution is 6.62. The molecule has 2 amide bonds. The number of benzene rings is 2. The van der Waals surface area contributed by atoms with Crippen molar-refractivity contribution in [3.8, 4) is 5.75 Å². The summed E-state index contributed by atoms with van der Waals surface area (Å²) in [6.45, 7) is 15.1. The highest BCUT2D eigenvalue weighted by Gasteiger charge is 2.51. The Morgan fingerprint density at radius 2 is 1.70 bits per heavy atom. The van der Waals surface area contributed by atoms with E-state index in [2.05, 4.69) is 0 Å². The zero-order valence-corrected chi connectivity index (χ0v) is 25.2. The van der Waals surface area contributed by atoms with Crippen molar-refractivity contribution < 1.29 is 28.4 Å². The van der Waals surface area contributed by atoms with Gasteiger partial charge in [-0.05, 0) is 72.0 Å². The molecule has 2 saturated heterocycles. The molecule has 216 valence electrons. The molecule has 0 saturated carbocycles. The van der Waals surface area contributed by atoms with Gasteiger partial charge in [-0.15, -0.1) is 0 Å². The van der Waals surface area contributed by atoms with Crippen molar-refractivity contribution in [2.45, 2.75) is 90.8 Å². The lowest BCUT2D eigenvalue weighted by atomic mass is 9.78. The number of rotatable bonds is 7. The molecule has 2 aliphatic rings. The summed E-state index contributed by atoms with van der Waals surface area (Å²) in [4.78, 5) is 29.5. The van der Waals surface area contributed by atoms with Crippen molar-refractivity contribution in [2.75, 3.05) is 20.1 Å². The van der Waals surface area contributed by atoms with E-state index in [-0.39, 0.29) is 24.5 Å². The third-order valence-corrected chi connectivity index (χ3v) is 7.93. The number of amides is 2. The molecule has 2 fully saturated rings. The molecule has 1 atom stereocenters. The largest absolute Gasteiger partial charge is 0.494 e. The van der Waals surface area contributed by atoms with Gasteiger partial charge in [0.05, 0.1) is 23.7 Å². The van der Waals surface area contributed by atoms with Gasteiger partial charge in [-0.1, -0.05) is 42.5 Å². The van der Waals surface area contributed by atoms with Gasteiger partial charge in [-0.3, -0.25) is 4.79 Å². The van der Waals surface area contributed by atoms with E-state index in [1.165, 1.54) is 0 Å². The zero-order valence-electron chi connectivity index (χ0n) is 25.2. The molecule has 0 aliphatic carbocycles. The SMILES string of the molecule is CN(C(=O)OC(C)(C)C)C1CCN(C(=O)Cc2cc(B3OC(C)(C)C(C)(C)O3)ccc2OCc2ccccc2)C1. The van der Waals surface area contributed by atoms with Gasteiger partial charge in [0.25, 0.3) is 0 Å². The third-order valence-electron chi connectivity index (χ3n) is 7.93. The van der Waals surface area contributed by atoms with Gasteiger partial charge in [0, 0.05) is 25.7 Å². The van der Waals surface area contributed by atoms with Crippen LogP contribution in [-0.2, 0) is 31.9 Å². The normalized spacial score (nSPS) is 19.9. The zero-order chi connectivity index (χ0) is 29.3. The molecule has 2 aromatic rings. The van der Waals surface area contributed by atoms with Crippen LogP contribution in [0.25, 0.3) is 0 Å². The fourth-order valence-corrected chi connectivity index (χ4v) is 4.78. The van der Waals surface area contributed by atoms with Crippen molar-refractivity contribution in [1.29, 1.82) is 0 Å². The molecular formula is C31H43BN2O6. The topological polar surface area (TPSA) is 77.5 Å². The van der Waals surface area contributed by atoms with Crippen LogP contribution >= 0.6 is 0 Å². The van der Waals surface area contributed by atoms with Gasteiger partial charge in [-0.25, -0.2) is 4.79 Å². The summed E-state index contributed by atoms with van der Waals surface area (Å²) in [5.41, 5.74) is 1.15. The summed E-state index contributed by atoms with van der Waals surface area (Å²) in [5, 5.41) is 0. The van der Waals surface area contributed by atoms with E-state index < -0.39 is 23.9 Å². The molecule has 0 spiro atoms. The van der Waals surface area contributed by atoms with E-state index in [0.29, 0.717) is 31.9 Å². The van der Waals surface area contributed by atoms with Gasteiger partial charge in [0.1, 0.15) is 18.0 Å². The standard InChI is InChI=1S/C31H43BN2O6/c1-29(2,3)38-28(36)33(8)25-16-17-34(20-25)27(35)19-23-18-24(32-39-30(4,5)31(6,7)40-32)14-15-26(23)37-21-22-12-10-9-11-13-22/h9-15,18,25H,16-17,19-21H2,1-8H3. The second-order valence-electron chi connectivity index (χ2n) is 12.8. The maximum Gasteiger partial charge on any atom is 0.494 e. The van der Waals surface area contributed by atoms with Gasteiger partial charge in [-0.2, -0.15) is 0 Å². The first kappa shape index (κ1) is 29.9. The van der Waals surface area contributed by atoms with Crippen molar-refractivity contribution >= 4 is 24.6 Å². The van der Waals surface area contributed by atoms with Crippen LogP contribution in [0.2, 0.25) is 0 Å². The highest BCUT2D eigenvalue weighted by atomic mass is 16.7. The predicted molar refractivity (Wildman–Crippen MR) is 156 cm³/mol. The smallest absolute Gasteiger partial charge is 0.489 e. The number of likely N-dealkylation sites (tertiary alicyclic amines) is 1. The molecule has 0 N–H and O–H groups in total. The summed E-state index contributed by atoms with van der Waals surface area (Å²) in [5.74, 6) is 0.634. The Morgan fingerprint density at radius 3 is 2.33 bits per heavy atom. The van der Waals surface area contributed by atoms with Crippen LogP contribution in [0, 0.1) is 0 Å². The lowest BCUT2D eigenvalue weighted by Gasteiger charge is -2.32. The van der Waals surface area contributed by atoms with Crippen LogP contribution in [0.4, 0.5) is 4.79 Å². The Labute approximate surface area is 239 Å². The van der Waals surface area contributed by atoms with E-state index in [1.54, 1.807) is 11.9 Å². The number of nitrogens with zero attached hydrogens (tertiary/aromatic N) is 2. The summed E-state index contributed by atoms with van der Waals surface area (Å²) >= 11 is 0. The summed E-state index contributed by atoms with van der Waals surface area (Å²) < 4.78 is 24.3. The molecule has 0 aromatic heterocycles. The van der Waals surface area contributed by atoms with Crippen LogP contribution in [0.15, 0.2) is 48.5 Å². The average molecular weight is 551 g/mol. The molecule has 9 heteroatoms.